The first kappa shape index (κ1) is 18.6. The lowest BCUT2D eigenvalue weighted by molar-refractivity contribution is 0.0530. The Morgan fingerprint density at radius 1 is 1.35 bits per heavy atom. The molecule has 1 aromatic heterocycles. The first-order valence-corrected chi connectivity index (χ1v) is 9.41. The maximum absolute atomic E-state index is 13.5. The van der Waals surface area contributed by atoms with Gasteiger partial charge in [0.15, 0.2) is 0 Å². The van der Waals surface area contributed by atoms with Gasteiger partial charge in [0, 0.05) is 26.3 Å². The first-order chi connectivity index (χ1) is 12.5. The summed E-state index contributed by atoms with van der Waals surface area (Å²) in [5, 5.41) is 4.62. The normalized spacial score (nSPS) is 14.8. The maximum Gasteiger partial charge on any atom is 0.273 e. The number of aromatic nitrogens is 2. The van der Waals surface area contributed by atoms with Crippen LogP contribution in [0.4, 0.5) is 0 Å². The number of rotatable bonds is 6. The van der Waals surface area contributed by atoms with E-state index in [9.17, 15) is 4.79 Å². The predicted molar refractivity (Wildman–Crippen MR) is 102 cm³/mol. The highest BCUT2D eigenvalue weighted by Crippen LogP contribution is 2.26. The Bertz CT molecular complexity index is 782. The zero-order chi connectivity index (χ0) is 18.7. The van der Waals surface area contributed by atoms with E-state index < -0.39 is 0 Å². The number of ether oxygens (including phenoxy) is 1. The molecule has 0 spiro atoms. The third-order valence-corrected chi connectivity index (χ3v) is 5.16. The highest BCUT2D eigenvalue weighted by molar-refractivity contribution is 5.94. The van der Waals surface area contributed by atoms with Gasteiger partial charge in [-0.05, 0) is 45.1 Å². The van der Waals surface area contributed by atoms with Crippen LogP contribution in [0.25, 0.3) is 0 Å². The summed E-state index contributed by atoms with van der Waals surface area (Å²) in [4.78, 5) is 15.4. The Balaban J connectivity index is 1.94. The number of aryl methyl sites for hydroxylation is 3. The lowest BCUT2D eigenvalue weighted by atomic mass is 9.95. The van der Waals surface area contributed by atoms with Crippen molar-refractivity contribution < 1.29 is 9.53 Å². The number of carbonyl (C=O) groups excluding carboxylic acids is 1. The molecule has 0 saturated heterocycles. The molecule has 0 fully saturated rings. The van der Waals surface area contributed by atoms with E-state index in [1.165, 1.54) is 5.56 Å². The molecular formula is C21H29N3O2. The van der Waals surface area contributed by atoms with Crippen LogP contribution >= 0.6 is 0 Å². The van der Waals surface area contributed by atoms with Crippen LogP contribution in [0.1, 0.15) is 52.6 Å². The molecule has 26 heavy (non-hydrogen) atoms. The molecule has 1 atom stereocenters. The summed E-state index contributed by atoms with van der Waals surface area (Å²) in [7, 11) is 3.56. The van der Waals surface area contributed by atoms with Gasteiger partial charge >= 0.3 is 0 Å². The van der Waals surface area contributed by atoms with Crippen LogP contribution < -0.4 is 0 Å². The van der Waals surface area contributed by atoms with Gasteiger partial charge in [0.25, 0.3) is 5.91 Å². The fourth-order valence-corrected chi connectivity index (χ4v) is 3.85. The number of benzene rings is 1. The zero-order valence-corrected chi connectivity index (χ0v) is 16.3. The number of hydrogen-bond donors (Lipinski definition) is 0. The molecule has 1 heterocycles. The van der Waals surface area contributed by atoms with Gasteiger partial charge in [0.05, 0.1) is 18.3 Å². The average Bonchev–Trinajstić information content (AvgIpc) is 2.95. The minimum atomic E-state index is -0.0119. The SMILES string of the molecule is COCC(C)N(Cc1cccc(C)c1)C(=O)c1c2c(nn1C)CCCC2. The van der Waals surface area contributed by atoms with Gasteiger partial charge in [0.2, 0.25) is 0 Å². The fourth-order valence-electron chi connectivity index (χ4n) is 3.85. The van der Waals surface area contributed by atoms with Crippen molar-refractivity contribution in [2.24, 2.45) is 7.05 Å². The van der Waals surface area contributed by atoms with Gasteiger partial charge in [-0.1, -0.05) is 29.8 Å². The molecule has 140 valence electrons. The second-order valence-electron chi connectivity index (χ2n) is 7.33. The average molecular weight is 355 g/mol. The van der Waals surface area contributed by atoms with Crippen LogP contribution in [0.15, 0.2) is 24.3 Å². The molecule has 2 aromatic rings. The molecule has 0 saturated carbocycles. The van der Waals surface area contributed by atoms with Crippen LogP contribution in [0.5, 0.6) is 0 Å². The van der Waals surface area contributed by atoms with Crippen LogP contribution in [-0.4, -0.2) is 40.3 Å². The Kier molecular flexibility index (Phi) is 5.77. The molecule has 1 unspecified atom stereocenters. The van der Waals surface area contributed by atoms with Crippen LogP contribution in [0, 0.1) is 6.92 Å². The van der Waals surface area contributed by atoms with Crippen molar-refractivity contribution in [1.29, 1.82) is 0 Å². The zero-order valence-electron chi connectivity index (χ0n) is 16.3. The Morgan fingerprint density at radius 2 is 2.12 bits per heavy atom. The second-order valence-corrected chi connectivity index (χ2v) is 7.33. The molecule has 1 aromatic carbocycles. The van der Waals surface area contributed by atoms with Crippen LogP contribution in [0.3, 0.4) is 0 Å². The highest BCUT2D eigenvalue weighted by Gasteiger charge is 2.29. The maximum atomic E-state index is 13.5. The molecule has 5 heteroatoms. The van der Waals surface area contributed by atoms with Gasteiger partial charge in [-0.3, -0.25) is 9.48 Å². The quantitative estimate of drug-likeness (QED) is 0.799. The van der Waals surface area contributed by atoms with Gasteiger partial charge in [0.1, 0.15) is 5.69 Å². The minimum absolute atomic E-state index is 0.0119. The van der Waals surface area contributed by atoms with E-state index in [0.717, 1.165) is 48.2 Å². The van der Waals surface area contributed by atoms with E-state index in [-0.39, 0.29) is 11.9 Å². The van der Waals surface area contributed by atoms with Gasteiger partial charge in [-0.25, -0.2) is 0 Å². The minimum Gasteiger partial charge on any atom is -0.383 e. The summed E-state index contributed by atoms with van der Waals surface area (Å²) >= 11 is 0. The van der Waals surface area contributed by atoms with Crippen molar-refractivity contribution in [3.8, 4) is 0 Å². The van der Waals surface area contributed by atoms with E-state index >= 15 is 0 Å². The number of amides is 1. The van der Waals surface area contributed by atoms with Gasteiger partial charge < -0.3 is 9.64 Å². The van der Waals surface area contributed by atoms with Crippen LogP contribution in [-0.2, 0) is 31.2 Å². The Hall–Kier alpha value is -2.14. The molecule has 3 rings (SSSR count). The monoisotopic (exact) mass is 355 g/mol. The lowest BCUT2D eigenvalue weighted by Crippen LogP contribution is -2.41. The molecule has 1 aliphatic carbocycles. The Morgan fingerprint density at radius 3 is 2.85 bits per heavy atom. The highest BCUT2D eigenvalue weighted by atomic mass is 16.5. The number of nitrogens with zero attached hydrogens (tertiary/aromatic N) is 3. The number of carbonyl (C=O) groups is 1. The topological polar surface area (TPSA) is 47.4 Å². The van der Waals surface area contributed by atoms with Crippen molar-refractivity contribution in [2.75, 3.05) is 13.7 Å². The van der Waals surface area contributed by atoms with E-state index in [2.05, 4.69) is 30.2 Å². The predicted octanol–water partition coefficient (Wildman–Crippen LogP) is 3.28. The molecular weight excluding hydrogens is 326 g/mol. The summed E-state index contributed by atoms with van der Waals surface area (Å²) < 4.78 is 7.12. The molecule has 0 radical (unpaired) electrons. The van der Waals surface area contributed by atoms with Crippen LogP contribution in [0.2, 0.25) is 0 Å². The molecule has 0 aliphatic heterocycles. The standard InChI is InChI=1S/C21H29N3O2/c1-15-8-7-9-17(12-15)13-24(16(2)14-26-4)21(25)20-18-10-5-6-11-19(18)22-23(20)3/h7-9,12,16H,5-6,10-11,13-14H2,1-4H3. The third kappa shape index (κ3) is 3.83. The smallest absolute Gasteiger partial charge is 0.273 e. The van der Waals surface area contributed by atoms with E-state index in [0.29, 0.717) is 13.2 Å². The van der Waals surface area contributed by atoms with Crippen molar-refractivity contribution in [2.45, 2.75) is 52.1 Å². The summed E-state index contributed by atoms with van der Waals surface area (Å²) in [6.07, 6.45) is 4.21. The first-order valence-electron chi connectivity index (χ1n) is 9.41. The number of methoxy groups -OCH3 is 1. The van der Waals surface area contributed by atoms with Gasteiger partial charge in [-0.2, -0.15) is 5.10 Å². The van der Waals surface area contributed by atoms with Crippen molar-refractivity contribution in [1.82, 2.24) is 14.7 Å². The Labute approximate surface area is 156 Å². The van der Waals surface area contributed by atoms with Gasteiger partial charge in [-0.15, -0.1) is 0 Å². The molecule has 1 aliphatic rings. The summed E-state index contributed by atoms with van der Waals surface area (Å²) in [6.45, 7) is 5.20. The summed E-state index contributed by atoms with van der Waals surface area (Å²) in [5.74, 6) is 0.0502. The molecule has 0 bridgehead atoms. The molecule has 5 nitrogen and oxygen atoms in total. The summed E-state index contributed by atoms with van der Waals surface area (Å²) in [6, 6.07) is 8.32. The van der Waals surface area contributed by atoms with E-state index in [1.54, 1.807) is 11.8 Å². The second kappa shape index (κ2) is 8.04. The van der Waals surface area contributed by atoms with E-state index in [1.807, 2.05) is 24.9 Å². The fraction of sp³-hybridized carbons (Fsp3) is 0.524. The number of fused-ring (bicyclic) bond motifs is 1. The lowest BCUT2D eigenvalue weighted by Gasteiger charge is -2.29. The van der Waals surface area contributed by atoms with Crippen molar-refractivity contribution >= 4 is 5.91 Å². The summed E-state index contributed by atoms with van der Waals surface area (Å²) in [5.41, 5.74) is 5.32. The molecule has 1 amide bonds. The van der Waals surface area contributed by atoms with Crippen molar-refractivity contribution in [3.63, 3.8) is 0 Å². The largest absolute Gasteiger partial charge is 0.383 e. The van der Waals surface area contributed by atoms with E-state index in [4.69, 9.17) is 4.74 Å². The third-order valence-electron chi connectivity index (χ3n) is 5.16. The number of hydrogen-bond acceptors (Lipinski definition) is 3. The van der Waals surface area contributed by atoms with Crippen molar-refractivity contribution in [3.05, 3.63) is 52.3 Å². The molecule has 0 N–H and O–H groups in total.